The van der Waals surface area contributed by atoms with Crippen molar-refractivity contribution in [2.24, 2.45) is 0 Å². The lowest BCUT2D eigenvalue weighted by Gasteiger charge is -2.05. The van der Waals surface area contributed by atoms with Crippen LogP contribution in [0, 0.1) is 13.8 Å². The van der Waals surface area contributed by atoms with Gasteiger partial charge in [0.05, 0.1) is 17.6 Å². The van der Waals surface area contributed by atoms with Gasteiger partial charge in [0.1, 0.15) is 5.56 Å². The molecule has 0 unspecified atom stereocenters. The lowest BCUT2D eigenvalue weighted by Crippen LogP contribution is -2.05. The summed E-state index contributed by atoms with van der Waals surface area (Å²) in [5, 5.41) is 21.4. The van der Waals surface area contributed by atoms with Crippen LogP contribution in [0.15, 0.2) is 42.6 Å². The molecular formula is C16H14N4O2. The van der Waals surface area contributed by atoms with Crippen molar-refractivity contribution in [2.45, 2.75) is 13.8 Å². The third kappa shape index (κ3) is 2.46. The molecule has 1 N–H and O–H groups in total. The number of carbonyl (C=O) groups is 1. The number of hydrogen-bond donors (Lipinski definition) is 1. The van der Waals surface area contributed by atoms with Crippen molar-refractivity contribution in [3.63, 3.8) is 0 Å². The molecule has 6 heteroatoms. The van der Waals surface area contributed by atoms with E-state index in [1.165, 1.54) is 16.4 Å². The van der Waals surface area contributed by atoms with Gasteiger partial charge in [-0.05, 0) is 26.0 Å². The molecule has 0 aliphatic heterocycles. The highest BCUT2D eigenvalue weighted by Gasteiger charge is 2.14. The first kappa shape index (κ1) is 13.9. The summed E-state index contributed by atoms with van der Waals surface area (Å²) in [6, 6.07) is 11.6. The van der Waals surface area contributed by atoms with Crippen LogP contribution >= 0.6 is 0 Å². The Hall–Kier alpha value is -3.02. The molecular weight excluding hydrogens is 280 g/mol. The van der Waals surface area contributed by atoms with Crippen LogP contribution < -0.4 is 0 Å². The summed E-state index contributed by atoms with van der Waals surface area (Å²) in [5.74, 6) is -0.520. The third-order valence-electron chi connectivity index (χ3n) is 3.46. The number of aryl methyl sites for hydroxylation is 1. The zero-order chi connectivity index (χ0) is 15.7. The van der Waals surface area contributed by atoms with Gasteiger partial charge >= 0.3 is 5.97 Å². The van der Waals surface area contributed by atoms with Crippen molar-refractivity contribution in [1.29, 1.82) is 0 Å². The summed E-state index contributed by atoms with van der Waals surface area (Å²) in [4.78, 5) is 11.0. The van der Waals surface area contributed by atoms with Gasteiger partial charge in [-0.3, -0.25) is 0 Å². The van der Waals surface area contributed by atoms with Gasteiger partial charge in [0.15, 0.2) is 5.82 Å². The zero-order valence-corrected chi connectivity index (χ0v) is 12.2. The molecule has 0 spiro atoms. The monoisotopic (exact) mass is 294 g/mol. The molecule has 0 atom stereocenters. The van der Waals surface area contributed by atoms with E-state index in [1.54, 1.807) is 13.0 Å². The average molecular weight is 294 g/mol. The van der Waals surface area contributed by atoms with Crippen molar-refractivity contribution in [3.8, 4) is 17.1 Å². The number of rotatable bonds is 3. The Morgan fingerprint density at radius 1 is 1.05 bits per heavy atom. The smallest absolute Gasteiger partial charge is 0.339 e. The Morgan fingerprint density at radius 3 is 2.32 bits per heavy atom. The Labute approximate surface area is 127 Å². The van der Waals surface area contributed by atoms with Gasteiger partial charge in [-0.1, -0.05) is 29.8 Å². The molecule has 0 aliphatic rings. The predicted molar refractivity (Wildman–Crippen MR) is 81.0 cm³/mol. The van der Waals surface area contributed by atoms with Crippen molar-refractivity contribution in [1.82, 2.24) is 20.0 Å². The van der Waals surface area contributed by atoms with Crippen LogP contribution in [0.2, 0.25) is 0 Å². The largest absolute Gasteiger partial charge is 0.478 e. The molecule has 0 saturated carbocycles. The SMILES string of the molecule is Cc1ccc(-c2ccc(-n3ncc(C(=O)O)c3C)nn2)cc1. The van der Waals surface area contributed by atoms with E-state index in [4.69, 9.17) is 5.11 Å². The van der Waals surface area contributed by atoms with Gasteiger partial charge in [0, 0.05) is 5.56 Å². The second-order valence-corrected chi connectivity index (χ2v) is 5.00. The van der Waals surface area contributed by atoms with Crippen molar-refractivity contribution >= 4 is 5.97 Å². The lowest BCUT2D eigenvalue weighted by atomic mass is 10.1. The minimum Gasteiger partial charge on any atom is -0.478 e. The summed E-state index contributed by atoms with van der Waals surface area (Å²) < 4.78 is 1.47. The van der Waals surface area contributed by atoms with Crippen LogP contribution in [0.1, 0.15) is 21.6 Å². The number of carboxylic acids is 1. The fraction of sp³-hybridized carbons (Fsp3) is 0.125. The number of aromatic carboxylic acids is 1. The lowest BCUT2D eigenvalue weighted by molar-refractivity contribution is 0.0696. The van der Waals surface area contributed by atoms with Crippen molar-refractivity contribution in [2.75, 3.05) is 0 Å². The highest BCUT2D eigenvalue weighted by Crippen LogP contribution is 2.18. The minimum atomic E-state index is -1.01. The Morgan fingerprint density at radius 2 is 1.77 bits per heavy atom. The number of aromatic nitrogens is 4. The van der Waals surface area contributed by atoms with Crippen LogP contribution in [0.4, 0.5) is 0 Å². The van der Waals surface area contributed by atoms with E-state index in [2.05, 4.69) is 15.3 Å². The maximum atomic E-state index is 11.0. The molecule has 0 aliphatic carbocycles. The van der Waals surface area contributed by atoms with E-state index in [0.29, 0.717) is 11.5 Å². The van der Waals surface area contributed by atoms with Gasteiger partial charge in [-0.15, -0.1) is 10.2 Å². The highest BCUT2D eigenvalue weighted by atomic mass is 16.4. The normalized spacial score (nSPS) is 10.6. The summed E-state index contributed by atoms with van der Waals surface area (Å²) in [5.41, 5.74) is 3.59. The van der Waals surface area contributed by atoms with E-state index in [1.807, 2.05) is 37.3 Å². The van der Waals surface area contributed by atoms with Crippen molar-refractivity contribution < 1.29 is 9.90 Å². The van der Waals surface area contributed by atoms with Crippen LogP contribution in [0.3, 0.4) is 0 Å². The van der Waals surface area contributed by atoms with Crippen LogP contribution in [-0.4, -0.2) is 31.1 Å². The van der Waals surface area contributed by atoms with E-state index in [0.717, 1.165) is 11.3 Å². The molecule has 6 nitrogen and oxygen atoms in total. The molecule has 22 heavy (non-hydrogen) atoms. The van der Waals surface area contributed by atoms with Crippen LogP contribution in [0.25, 0.3) is 17.1 Å². The molecule has 1 aromatic carbocycles. The average Bonchev–Trinajstić information content (AvgIpc) is 2.90. The summed E-state index contributed by atoms with van der Waals surface area (Å²) in [7, 11) is 0. The highest BCUT2D eigenvalue weighted by molar-refractivity contribution is 5.88. The maximum absolute atomic E-state index is 11.0. The standard InChI is InChI=1S/C16H14N4O2/c1-10-3-5-12(6-4-10)14-7-8-15(19-18-14)20-11(2)13(9-17-20)16(21)22/h3-9H,1-2H3,(H,21,22). The van der Waals surface area contributed by atoms with Gasteiger partial charge < -0.3 is 5.11 Å². The fourth-order valence-corrected chi connectivity index (χ4v) is 2.17. The Kier molecular flexibility index (Phi) is 3.42. The third-order valence-corrected chi connectivity index (χ3v) is 3.46. The van der Waals surface area contributed by atoms with Gasteiger partial charge in [-0.2, -0.15) is 5.10 Å². The molecule has 2 aromatic heterocycles. The fourth-order valence-electron chi connectivity index (χ4n) is 2.17. The van der Waals surface area contributed by atoms with E-state index < -0.39 is 5.97 Å². The molecule has 0 bridgehead atoms. The van der Waals surface area contributed by atoms with E-state index in [-0.39, 0.29) is 5.56 Å². The molecule has 110 valence electrons. The molecule has 3 rings (SSSR count). The number of benzene rings is 1. The Bertz CT molecular complexity index is 820. The summed E-state index contributed by atoms with van der Waals surface area (Å²) >= 11 is 0. The first-order valence-corrected chi connectivity index (χ1v) is 6.75. The predicted octanol–water partition coefficient (Wildman–Crippen LogP) is 2.64. The second-order valence-electron chi connectivity index (χ2n) is 5.00. The van der Waals surface area contributed by atoms with E-state index >= 15 is 0 Å². The molecule has 0 amide bonds. The number of carboxylic acid groups (broad SMARTS) is 1. The van der Waals surface area contributed by atoms with Crippen LogP contribution in [0.5, 0.6) is 0 Å². The number of nitrogens with zero attached hydrogens (tertiary/aromatic N) is 4. The molecule has 0 fully saturated rings. The topological polar surface area (TPSA) is 80.9 Å². The summed E-state index contributed by atoms with van der Waals surface area (Å²) in [6.45, 7) is 3.71. The first-order chi connectivity index (χ1) is 10.6. The zero-order valence-electron chi connectivity index (χ0n) is 12.2. The molecule has 0 saturated heterocycles. The summed E-state index contributed by atoms with van der Waals surface area (Å²) in [6.07, 6.45) is 1.31. The molecule has 3 aromatic rings. The molecule has 0 radical (unpaired) electrons. The van der Waals surface area contributed by atoms with Gasteiger partial charge in [0.25, 0.3) is 0 Å². The number of hydrogen-bond acceptors (Lipinski definition) is 4. The van der Waals surface area contributed by atoms with Crippen LogP contribution in [-0.2, 0) is 0 Å². The van der Waals surface area contributed by atoms with E-state index in [9.17, 15) is 4.79 Å². The molecule has 2 heterocycles. The van der Waals surface area contributed by atoms with Gasteiger partial charge in [0.2, 0.25) is 0 Å². The maximum Gasteiger partial charge on any atom is 0.339 e. The first-order valence-electron chi connectivity index (χ1n) is 6.75. The minimum absolute atomic E-state index is 0.157. The quantitative estimate of drug-likeness (QED) is 0.803. The van der Waals surface area contributed by atoms with Gasteiger partial charge in [-0.25, -0.2) is 9.48 Å². The Balaban J connectivity index is 1.94. The van der Waals surface area contributed by atoms with Crippen molar-refractivity contribution in [3.05, 3.63) is 59.4 Å². The second kappa shape index (κ2) is 5.40.